The second-order valence-corrected chi connectivity index (χ2v) is 0.598. The van der Waals surface area contributed by atoms with E-state index in [1.807, 2.05) is 0 Å². The molecule has 4 heteroatoms. The van der Waals surface area contributed by atoms with Crippen LogP contribution in [0, 0.1) is 0 Å². The molecule has 0 amide bonds. The van der Waals surface area contributed by atoms with Gasteiger partial charge in [0.25, 0.3) is 0 Å². The molecule has 0 aromatic rings. The Labute approximate surface area is 46.5 Å². The molecule has 0 aliphatic rings. The number of aliphatic carboxylic acids is 1. The maximum atomic E-state index is 9.24. The van der Waals surface area contributed by atoms with Crippen LogP contribution >= 0.6 is 0 Å². The monoisotopic (exact) mass is 149 g/mol. The molecule has 0 bridgehead atoms. The summed E-state index contributed by atoms with van der Waals surface area (Å²) in [5.41, 5.74) is 4.57. The predicted octanol–water partition coefficient (Wildman–Crippen LogP) is -1.35. The summed E-state index contributed by atoms with van der Waals surface area (Å²) in [4.78, 5) is 9.24. The Morgan fingerprint density at radius 1 is 1.83 bits per heavy atom. The minimum absolute atomic E-state index is 0. The van der Waals surface area contributed by atoms with Crippen molar-refractivity contribution in [3.8, 4) is 0 Å². The molecule has 0 aliphatic heterocycles. The van der Waals surface area contributed by atoms with Crippen LogP contribution in [-0.4, -0.2) is 35.2 Å². The normalized spacial score (nSPS) is 6.17. The van der Waals surface area contributed by atoms with E-state index in [4.69, 9.17) is 5.11 Å². The van der Waals surface area contributed by atoms with Gasteiger partial charge in [-0.3, -0.25) is 4.79 Å². The Morgan fingerprint density at radius 3 is 2.00 bits per heavy atom. The molecule has 0 aromatic heterocycles. The van der Waals surface area contributed by atoms with Crippen molar-refractivity contribution >= 4 is 23.6 Å². The van der Waals surface area contributed by atoms with Crippen LogP contribution in [0.1, 0.15) is 0 Å². The summed E-state index contributed by atoms with van der Waals surface area (Å²) in [5, 5.41) is 7.60. The van der Waals surface area contributed by atoms with E-state index in [1.165, 1.54) is 0 Å². The average Bonchev–Trinajstić information content (AvgIpc) is 1.38. The second-order valence-electron chi connectivity index (χ2n) is 0.598. The number of hydrogen-bond donors (Lipinski definition) is 2. The predicted molar refractivity (Wildman–Crippen MR) is 22.4 cm³/mol. The fourth-order valence-corrected chi connectivity index (χ4v) is 0. The van der Waals surface area contributed by atoms with Gasteiger partial charge in [0.2, 0.25) is 0 Å². The van der Waals surface area contributed by atoms with Gasteiger partial charge in [-0.2, -0.15) is 0 Å². The first-order valence-corrected chi connectivity index (χ1v) is 1.19. The summed E-state index contributed by atoms with van der Waals surface area (Å²) in [7, 11) is 0. The van der Waals surface area contributed by atoms with Crippen molar-refractivity contribution < 1.29 is 9.90 Å². The SMILES string of the molecule is NCC(=O)O.[Ge]. The number of rotatable bonds is 1. The zero-order chi connectivity index (χ0) is 4.28. The van der Waals surface area contributed by atoms with E-state index in [9.17, 15) is 4.79 Å². The minimum Gasteiger partial charge on any atom is -0.480 e. The maximum absolute atomic E-state index is 9.24. The van der Waals surface area contributed by atoms with Crippen LogP contribution < -0.4 is 5.73 Å². The van der Waals surface area contributed by atoms with E-state index < -0.39 is 5.97 Å². The van der Waals surface area contributed by atoms with E-state index in [1.54, 1.807) is 0 Å². The van der Waals surface area contributed by atoms with E-state index in [0.717, 1.165) is 0 Å². The van der Waals surface area contributed by atoms with Crippen LogP contribution in [0.5, 0.6) is 0 Å². The van der Waals surface area contributed by atoms with Crippen molar-refractivity contribution in [2.45, 2.75) is 0 Å². The van der Waals surface area contributed by atoms with Crippen molar-refractivity contribution in [1.82, 2.24) is 0 Å². The van der Waals surface area contributed by atoms with E-state index in [-0.39, 0.29) is 24.1 Å². The largest absolute Gasteiger partial charge is 0.480 e. The van der Waals surface area contributed by atoms with Gasteiger partial charge in [-0.15, -0.1) is 0 Å². The summed E-state index contributed by atoms with van der Waals surface area (Å²) >= 11 is 0. The molecule has 0 spiro atoms. The van der Waals surface area contributed by atoms with Gasteiger partial charge in [0, 0.05) is 17.6 Å². The Balaban J connectivity index is 0. The van der Waals surface area contributed by atoms with Crippen molar-refractivity contribution in [2.75, 3.05) is 6.54 Å². The molecule has 0 aliphatic carbocycles. The van der Waals surface area contributed by atoms with Crippen molar-refractivity contribution in [1.29, 1.82) is 0 Å². The van der Waals surface area contributed by atoms with E-state index in [0.29, 0.717) is 0 Å². The Hall–Kier alpha value is -0.0271. The van der Waals surface area contributed by atoms with Gasteiger partial charge < -0.3 is 10.8 Å². The van der Waals surface area contributed by atoms with Crippen LogP contribution in [0.25, 0.3) is 0 Å². The third-order valence-electron chi connectivity index (χ3n) is 0.175. The number of carboxylic acid groups (broad SMARTS) is 1. The molecule has 0 unspecified atom stereocenters. The number of hydrogen-bond acceptors (Lipinski definition) is 2. The second kappa shape index (κ2) is 4.97. The first kappa shape index (κ1) is 9.36. The van der Waals surface area contributed by atoms with Crippen molar-refractivity contribution in [3.63, 3.8) is 0 Å². The zero-order valence-electron chi connectivity index (χ0n) is 3.14. The van der Waals surface area contributed by atoms with Gasteiger partial charge in [0.1, 0.15) is 0 Å². The topological polar surface area (TPSA) is 63.3 Å². The van der Waals surface area contributed by atoms with E-state index >= 15 is 0 Å². The molecule has 0 atom stereocenters. The standard InChI is InChI=1S/C2H5NO2.Ge/c3-1-2(4)5;/h1,3H2,(H,4,5);. The summed E-state index contributed by atoms with van der Waals surface area (Å²) in [6.07, 6.45) is 0. The average molecular weight is 148 g/mol. The fourth-order valence-electron chi connectivity index (χ4n) is 0. The van der Waals surface area contributed by atoms with Crippen molar-refractivity contribution in [3.05, 3.63) is 0 Å². The van der Waals surface area contributed by atoms with Crippen LogP contribution in [-0.2, 0) is 4.79 Å². The molecule has 0 heterocycles. The van der Waals surface area contributed by atoms with Gasteiger partial charge in [0.15, 0.2) is 0 Å². The fraction of sp³-hybridized carbons (Fsp3) is 0.500. The molecule has 0 rings (SSSR count). The maximum Gasteiger partial charge on any atom is 0.317 e. The minimum atomic E-state index is -0.968. The summed E-state index contributed by atoms with van der Waals surface area (Å²) in [6.45, 7) is -0.278. The molecule has 34 valence electrons. The third-order valence-corrected chi connectivity index (χ3v) is 0.175. The van der Waals surface area contributed by atoms with Gasteiger partial charge in [-0.25, -0.2) is 0 Å². The summed E-state index contributed by atoms with van der Waals surface area (Å²) in [6, 6.07) is 0. The molecule has 0 fully saturated rings. The molecule has 3 N–H and O–H groups in total. The molecule has 6 heavy (non-hydrogen) atoms. The van der Waals surface area contributed by atoms with Crippen molar-refractivity contribution in [2.24, 2.45) is 5.73 Å². The van der Waals surface area contributed by atoms with Gasteiger partial charge in [-0.05, 0) is 0 Å². The molecule has 0 saturated carbocycles. The molecule has 3 nitrogen and oxygen atoms in total. The summed E-state index contributed by atoms with van der Waals surface area (Å²) in [5.74, 6) is -0.968. The molecule has 0 aromatic carbocycles. The molecular formula is C2H5GeNO2. The van der Waals surface area contributed by atoms with Crippen LogP contribution in [0.2, 0.25) is 0 Å². The van der Waals surface area contributed by atoms with Gasteiger partial charge in [-0.1, -0.05) is 0 Å². The number of carbonyl (C=O) groups is 1. The van der Waals surface area contributed by atoms with Crippen LogP contribution in [0.15, 0.2) is 0 Å². The van der Waals surface area contributed by atoms with Gasteiger partial charge >= 0.3 is 5.97 Å². The Morgan fingerprint density at radius 2 is 2.00 bits per heavy atom. The van der Waals surface area contributed by atoms with E-state index in [2.05, 4.69) is 5.73 Å². The van der Waals surface area contributed by atoms with Gasteiger partial charge in [0.05, 0.1) is 6.54 Å². The third kappa shape index (κ3) is 9.02. The number of carboxylic acids is 1. The Kier molecular flexibility index (Phi) is 7.76. The first-order valence-electron chi connectivity index (χ1n) is 1.19. The smallest absolute Gasteiger partial charge is 0.317 e. The molecule has 0 saturated heterocycles. The molecule has 4 radical (unpaired) electrons. The van der Waals surface area contributed by atoms with Crippen LogP contribution in [0.3, 0.4) is 0 Å². The van der Waals surface area contributed by atoms with Crippen LogP contribution in [0.4, 0.5) is 0 Å². The first-order chi connectivity index (χ1) is 2.27. The molecular weight excluding hydrogens is 143 g/mol. The quantitative estimate of drug-likeness (QED) is 0.451. The zero-order valence-corrected chi connectivity index (χ0v) is 5.24. The number of nitrogens with two attached hydrogens (primary N) is 1. The Bertz CT molecular complexity index is 46.8. The summed E-state index contributed by atoms with van der Waals surface area (Å²) < 4.78 is 0.